The summed E-state index contributed by atoms with van der Waals surface area (Å²) in [6, 6.07) is 13.9. The largest absolute Gasteiger partial charge is 0.494 e. The molecule has 3 aromatic rings. The SMILES string of the molecule is COc1cccc(-c2ccc(NS(=O)(=O)[C@H](C)C(=O)N3CCCC3)n2-c2c(OC)cccc2OC)n1. The van der Waals surface area contributed by atoms with E-state index in [1.165, 1.54) is 28.3 Å². The quantitative estimate of drug-likeness (QED) is 0.466. The first-order valence-electron chi connectivity index (χ1n) is 11.6. The minimum Gasteiger partial charge on any atom is -0.494 e. The van der Waals surface area contributed by atoms with E-state index in [9.17, 15) is 13.2 Å². The number of anilines is 1. The molecule has 1 N–H and O–H groups in total. The standard InChI is InChI=1S/C25H30N4O6S/c1-17(25(30)28-15-5-6-16-28)36(31,32)27-22-14-13-19(18-9-7-12-23(26-18)35-4)29(22)24-20(33-2)10-8-11-21(24)34-3/h7-14,17,27H,5-6,15-16H2,1-4H3/t17-/m1/s1. The van der Waals surface area contributed by atoms with Crippen molar-refractivity contribution in [3.8, 4) is 34.5 Å². The number of para-hydroxylation sites is 1. The number of carbonyl (C=O) groups is 1. The zero-order chi connectivity index (χ0) is 25.9. The van der Waals surface area contributed by atoms with Crippen molar-refractivity contribution >= 4 is 21.7 Å². The molecule has 1 amide bonds. The Morgan fingerprint density at radius 3 is 2.19 bits per heavy atom. The molecule has 36 heavy (non-hydrogen) atoms. The van der Waals surface area contributed by atoms with Crippen LogP contribution >= 0.6 is 0 Å². The summed E-state index contributed by atoms with van der Waals surface area (Å²) in [5, 5.41) is -1.27. The molecule has 3 heterocycles. The van der Waals surface area contributed by atoms with Crippen molar-refractivity contribution in [1.82, 2.24) is 14.5 Å². The molecule has 1 aromatic carbocycles. The van der Waals surface area contributed by atoms with Gasteiger partial charge in [-0.3, -0.25) is 14.1 Å². The van der Waals surface area contributed by atoms with E-state index in [0.717, 1.165) is 12.8 Å². The van der Waals surface area contributed by atoms with Crippen LogP contribution in [0.25, 0.3) is 17.1 Å². The molecular weight excluding hydrogens is 484 g/mol. The topological polar surface area (TPSA) is 112 Å². The van der Waals surface area contributed by atoms with Crippen LogP contribution in [0.3, 0.4) is 0 Å². The summed E-state index contributed by atoms with van der Waals surface area (Å²) in [5.74, 6) is 1.10. The number of methoxy groups -OCH3 is 3. The zero-order valence-corrected chi connectivity index (χ0v) is 21.5. The molecule has 1 aliphatic heterocycles. The number of rotatable bonds is 9. The molecule has 1 saturated heterocycles. The highest BCUT2D eigenvalue weighted by atomic mass is 32.2. The van der Waals surface area contributed by atoms with Crippen LogP contribution in [0.5, 0.6) is 17.4 Å². The molecule has 1 atom stereocenters. The molecule has 10 nitrogen and oxygen atoms in total. The number of nitrogens with one attached hydrogen (secondary N) is 1. The molecule has 0 aliphatic carbocycles. The molecular formula is C25H30N4O6S. The van der Waals surface area contributed by atoms with Crippen molar-refractivity contribution < 1.29 is 27.4 Å². The van der Waals surface area contributed by atoms with E-state index in [1.54, 1.807) is 58.0 Å². The maximum absolute atomic E-state index is 13.4. The monoisotopic (exact) mass is 514 g/mol. The number of hydrogen-bond donors (Lipinski definition) is 1. The molecule has 2 aromatic heterocycles. The van der Waals surface area contributed by atoms with Gasteiger partial charge in [0.2, 0.25) is 21.8 Å². The van der Waals surface area contributed by atoms with E-state index in [-0.39, 0.29) is 5.82 Å². The maximum atomic E-state index is 13.4. The number of likely N-dealkylation sites (tertiary alicyclic amines) is 1. The van der Waals surface area contributed by atoms with Gasteiger partial charge in [0.15, 0.2) is 5.25 Å². The van der Waals surface area contributed by atoms with Gasteiger partial charge in [-0.05, 0) is 50.1 Å². The molecule has 0 saturated carbocycles. The van der Waals surface area contributed by atoms with Gasteiger partial charge in [0.05, 0.1) is 32.7 Å². The van der Waals surface area contributed by atoms with Gasteiger partial charge < -0.3 is 19.1 Å². The molecule has 0 bridgehead atoms. The van der Waals surface area contributed by atoms with Crippen LogP contribution < -0.4 is 18.9 Å². The van der Waals surface area contributed by atoms with Crippen molar-refractivity contribution in [2.75, 3.05) is 39.1 Å². The highest BCUT2D eigenvalue weighted by Crippen LogP contribution is 2.39. The Labute approximate surface area is 210 Å². The Hall–Kier alpha value is -3.73. The summed E-state index contributed by atoms with van der Waals surface area (Å²) in [6.07, 6.45) is 1.75. The molecule has 1 fully saturated rings. The molecule has 192 valence electrons. The number of benzene rings is 1. The summed E-state index contributed by atoms with van der Waals surface area (Å²) in [5.41, 5.74) is 1.57. The fourth-order valence-corrected chi connectivity index (χ4v) is 5.28. The summed E-state index contributed by atoms with van der Waals surface area (Å²) < 4.78 is 47.5. The average Bonchev–Trinajstić information content (AvgIpc) is 3.57. The smallest absolute Gasteiger partial charge is 0.245 e. The number of carbonyl (C=O) groups excluding carboxylic acids is 1. The molecule has 0 unspecified atom stereocenters. The van der Waals surface area contributed by atoms with Crippen LogP contribution in [0.1, 0.15) is 19.8 Å². The Morgan fingerprint density at radius 2 is 1.58 bits per heavy atom. The maximum Gasteiger partial charge on any atom is 0.245 e. The van der Waals surface area contributed by atoms with Crippen LogP contribution in [0.2, 0.25) is 0 Å². The van der Waals surface area contributed by atoms with Gasteiger partial charge in [-0.2, -0.15) is 0 Å². The van der Waals surface area contributed by atoms with Crippen molar-refractivity contribution in [3.05, 3.63) is 48.5 Å². The number of sulfonamides is 1. The first-order valence-corrected chi connectivity index (χ1v) is 13.1. The Balaban J connectivity index is 1.85. The van der Waals surface area contributed by atoms with Crippen molar-refractivity contribution in [2.24, 2.45) is 0 Å². The summed E-state index contributed by atoms with van der Waals surface area (Å²) in [7, 11) is 0.470. The summed E-state index contributed by atoms with van der Waals surface area (Å²) in [4.78, 5) is 19.0. The van der Waals surface area contributed by atoms with Gasteiger partial charge in [0.25, 0.3) is 0 Å². The van der Waals surface area contributed by atoms with Crippen LogP contribution in [0, 0.1) is 0 Å². The predicted octanol–water partition coefficient (Wildman–Crippen LogP) is 3.32. The number of aromatic nitrogens is 2. The molecule has 0 spiro atoms. The fourth-order valence-electron chi connectivity index (χ4n) is 4.24. The van der Waals surface area contributed by atoms with Crippen molar-refractivity contribution in [3.63, 3.8) is 0 Å². The minimum atomic E-state index is -4.09. The molecule has 4 rings (SSSR count). The first-order chi connectivity index (χ1) is 17.3. The summed E-state index contributed by atoms with van der Waals surface area (Å²) >= 11 is 0. The van der Waals surface area contributed by atoms with Gasteiger partial charge in [-0.1, -0.05) is 12.1 Å². The Kier molecular flexibility index (Phi) is 7.39. The van der Waals surface area contributed by atoms with Crippen molar-refractivity contribution in [2.45, 2.75) is 25.0 Å². The number of nitrogens with zero attached hydrogens (tertiary/aromatic N) is 3. The second-order valence-electron chi connectivity index (χ2n) is 8.34. The third-order valence-electron chi connectivity index (χ3n) is 6.18. The van der Waals surface area contributed by atoms with E-state index in [2.05, 4.69) is 9.71 Å². The second-order valence-corrected chi connectivity index (χ2v) is 10.3. The predicted molar refractivity (Wildman–Crippen MR) is 136 cm³/mol. The highest BCUT2D eigenvalue weighted by Gasteiger charge is 2.34. The van der Waals surface area contributed by atoms with Crippen LogP contribution in [0.15, 0.2) is 48.5 Å². The number of pyridine rings is 1. The lowest BCUT2D eigenvalue weighted by molar-refractivity contribution is -0.129. The van der Waals surface area contributed by atoms with Gasteiger partial charge in [0, 0.05) is 19.2 Å². The number of ether oxygens (including phenoxy) is 3. The third kappa shape index (κ3) is 4.83. The lowest BCUT2D eigenvalue weighted by Gasteiger charge is -2.23. The van der Waals surface area contributed by atoms with E-state index in [1.807, 2.05) is 0 Å². The van der Waals surface area contributed by atoms with Gasteiger partial charge in [-0.15, -0.1) is 0 Å². The van der Waals surface area contributed by atoms with Crippen LogP contribution in [-0.4, -0.2) is 68.4 Å². The molecule has 11 heteroatoms. The van der Waals surface area contributed by atoms with E-state index >= 15 is 0 Å². The highest BCUT2D eigenvalue weighted by molar-refractivity contribution is 7.94. The number of amides is 1. The van der Waals surface area contributed by atoms with E-state index in [4.69, 9.17) is 14.2 Å². The minimum absolute atomic E-state index is 0.207. The van der Waals surface area contributed by atoms with Crippen LogP contribution in [-0.2, 0) is 14.8 Å². The molecule has 0 radical (unpaired) electrons. The van der Waals surface area contributed by atoms with Gasteiger partial charge in [0.1, 0.15) is 23.0 Å². The Bertz CT molecular complexity index is 1330. The first kappa shape index (κ1) is 25.4. The van der Waals surface area contributed by atoms with Crippen molar-refractivity contribution in [1.29, 1.82) is 0 Å². The normalized spacial score (nSPS) is 14.4. The lowest BCUT2D eigenvalue weighted by atomic mass is 10.2. The lowest BCUT2D eigenvalue weighted by Crippen LogP contribution is -2.42. The van der Waals surface area contributed by atoms with Gasteiger partial charge in [-0.25, -0.2) is 13.4 Å². The number of hydrogen-bond acceptors (Lipinski definition) is 7. The zero-order valence-electron chi connectivity index (χ0n) is 20.7. The van der Waals surface area contributed by atoms with E-state index < -0.39 is 21.2 Å². The van der Waals surface area contributed by atoms with Gasteiger partial charge >= 0.3 is 0 Å². The Morgan fingerprint density at radius 1 is 0.944 bits per heavy atom. The third-order valence-corrected chi connectivity index (χ3v) is 7.81. The van der Waals surface area contributed by atoms with Crippen LogP contribution in [0.4, 0.5) is 5.82 Å². The average molecular weight is 515 g/mol. The molecule has 1 aliphatic rings. The fraction of sp³-hybridized carbons (Fsp3) is 0.360. The summed E-state index contributed by atoms with van der Waals surface area (Å²) in [6.45, 7) is 2.54. The van der Waals surface area contributed by atoms with E-state index in [0.29, 0.717) is 47.5 Å². The second kappa shape index (κ2) is 10.5.